The standard InChI is InChI=1S/C23H17ClF3N5O4S/c1-32-10-16(14-7-13(23(25,26)27)4-5-17(14)35-2)15(8-19(32)33)20(34)29-21-30-31-22(37-21)36-11-12-3-6-18(24)28-9-12/h3-10H,11H2,1-2H3,(H,29,30,34). The number of carbonyl (C=O) groups excluding carboxylic acids is 1. The molecule has 3 aromatic heterocycles. The van der Waals surface area contributed by atoms with Crippen LogP contribution in [0.5, 0.6) is 10.9 Å². The van der Waals surface area contributed by atoms with Crippen molar-refractivity contribution < 1.29 is 27.4 Å². The van der Waals surface area contributed by atoms with Gasteiger partial charge in [0.05, 0.1) is 18.2 Å². The molecule has 0 aliphatic heterocycles. The number of aryl methyl sites for hydroxylation is 1. The van der Waals surface area contributed by atoms with Crippen molar-refractivity contribution in [3.8, 4) is 22.1 Å². The number of amides is 1. The number of ether oxygens (including phenoxy) is 2. The summed E-state index contributed by atoms with van der Waals surface area (Å²) in [6.07, 6.45) is -1.83. The summed E-state index contributed by atoms with van der Waals surface area (Å²) in [6, 6.07) is 7.22. The first kappa shape index (κ1) is 26.1. The van der Waals surface area contributed by atoms with Crippen molar-refractivity contribution in [3.05, 3.63) is 81.0 Å². The number of benzene rings is 1. The molecule has 4 aromatic rings. The molecule has 0 fully saturated rings. The van der Waals surface area contributed by atoms with Crippen LogP contribution in [0.25, 0.3) is 11.1 Å². The second-order valence-corrected chi connectivity index (χ2v) is 8.90. The first-order chi connectivity index (χ1) is 17.5. The van der Waals surface area contributed by atoms with Crippen molar-refractivity contribution >= 4 is 34.0 Å². The lowest BCUT2D eigenvalue weighted by atomic mass is 9.98. The average molecular weight is 552 g/mol. The number of pyridine rings is 2. The summed E-state index contributed by atoms with van der Waals surface area (Å²) in [6.45, 7) is 0.126. The van der Waals surface area contributed by atoms with E-state index in [1.165, 1.54) is 26.6 Å². The van der Waals surface area contributed by atoms with Crippen LogP contribution in [0.3, 0.4) is 0 Å². The van der Waals surface area contributed by atoms with E-state index in [1.54, 1.807) is 12.1 Å². The van der Waals surface area contributed by atoms with E-state index in [2.05, 4.69) is 20.5 Å². The number of hydrogen-bond donors (Lipinski definition) is 1. The number of aromatic nitrogens is 4. The Labute approximate surface area is 216 Å². The predicted molar refractivity (Wildman–Crippen MR) is 130 cm³/mol. The Morgan fingerprint density at radius 2 is 1.95 bits per heavy atom. The third-order valence-corrected chi connectivity index (χ3v) is 6.04. The fourth-order valence-electron chi connectivity index (χ4n) is 3.25. The Kier molecular flexibility index (Phi) is 7.45. The van der Waals surface area contributed by atoms with Crippen LogP contribution in [0.15, 0.2) is 53.6 Å². The topological polar surface area (TPSA) is 108 Å². The van der Waals surface area contributed by atoms with E-state index in [1.807, 2.05) is 0 Å². The highest BCUT2D eigenvalue weighted by Crippen LogP contribution is 2.38. The molecule has 0 atom stereocenters. The lowest BCUT2D eigenvalue weighted by molar-refractivity contribution is -0.137. The Morgan fingerprint density at radius 1 is 1.16 bits per heavy atom. The number of methoxy groups -OCH3 is 1. The van der Waals surface area contributed by atoms with Crippen LogP contribution in [0.1, 0.15) is 21.5 Å². The van der Waals surface area contributed by atoms with E-state index in [4.69, 9.17) is 21.1 Å². The van der Waals surface area contributed by atoms with Crippen LogP contribution in [-0.2, 0) is 19.8 Å². The van der Waals surface area contributed by atoms with Gasteiger partial charge in [-0.05, 0) is 35.6 Å². The molecule has 0 unspecified atom stereocenters. The van der Waals surface area contributed by atoms with E-state index in [9.17, 15) is 22.8 Å². The lowest BCUT2D eigenvalue weighted by Crippen LogP contribution is -2.22. The summed E-state index contributed by atoms with van der Waals surface area (Å²) >= 11 is 6.68. The van der Waals surface area contributed by atoms with E-state index in [-0.39, 0.29) is 39.4 Å². The van der Waals surface area contributed by atoms with Crippen LogP contribution in [-0.4, -0.2) is 32.8 Å². The molecule has 3 heterocycles. The van der Waals surface area contributed by atoms with Crippen molar-refractivity contribution in [2.24, 2.45) is 7.05 Å². The molecule has 0 saturated heterocycles. The third-order valence-electron chi connectivity index (χ3n) is 5.07. The number of nitrogens with one attached hydrogen (secondary N) is 1. The van der Waals surface area contributed by atoms with E-state index >= 15 is 0 Å². The highest BCUT2D eigenvalue weighted by atomic mass is 35.5. The minimum absolute atomic E-state index is 0.0177. The molecule has 0 bridgehead atoms. The Morgan fingerprint density at radius 3 is 2.62 bits per heavy atom. The number of alkyl halides is 3. The van der Waals surface area contributed by atoms with E-state index in [0.29, 0.717) is 5.15 Å². The van der Waals surface area contributed by atoms with Gasteiger partial charge in [-0.1, -0.05) is 22.8 Å². The molecule has 4 rings (SSSR count). The van der Waals surface area contributed by atoms with Crippen LogP contribution in [0, 0.1) is 0 Å². The van der Waals surface area contributed by atoms with Gasteiger partial charge in [-0.3, -0.25) is 14.9 Å². The molecule has 192 valence electrons. The van der Waals surface area contributed by atoms with Crippen molar-refractivity contribution in [1.29, 1.82) is 0 Å². The summed E-state index contributed by atoms with van der Waals surface area (Å²) in [5.41, 5.74) is -0.895. The van der Waals surface area contributed by atoms with Gasteiger partial charge < -0.3 is 14.0 Å². The zero-order chi connectivity index (χ0) is 26.7. The number of rotatable bonds is 7. The first-order valence-corrected chi connectivity index (χ1v) is 11.6. The number of hydrogen-bond acceptors (Lipinski definition) is 8. The smallest absolute Gasteiger partial charge is 0.416 e. The van der Waals surface area contributed by atoms with Crippen LogP contribution in [0.2, 0.25) is 5.15 Å². The summed E-state index contributed by atoms with van der Waals surface area (Å²) in [5.74, 6) is -0.694. The maximum absolute atomic E-state index is 13.4. The summed E-state index contributed by atoms with van der Waals surface area (Å²) in [7, 11) is 2.70. The SMILES string of the molecule is COc1ccc(C(F)(F)F)cc1-c1cn(C)c(=O)cc1C(=O)Nc1nnc(OCc2ccc(Cl)nc2)s1. The van der Waals surface area contributed by atoms with Gasteiger partial charge in [-0.25, -0.2) is 4.98 Å². The molecule has 0 aliphatic carbocycles. The zero-order valence-electron chi connectivity index (χ0n) is 19.2. The van der Waals surface area contributed by atoms with Crippen LogP contribution >= 0.6 is 22.9 Å². The second-order valence-electron chi connectivity index (χ2n) is 7.57. The van der Waals surface area contributed by atoms with Crippen molar-refractivity contribution in [2.75, 3.05) is 12.4 Å². The predicted octanol–water partition coefficient (Wildman–Crippen LogP) is 4.81. The number of anilines is 1. The number of halogens is 4. The fraction of sp³-hybridized carbons (Fsp3) is 0.174. The van der Waals surface area contributed by atoms with Crippen molar-refractivity contribution in [1.82, 2.24) is 19.7 Å². The van der Waals surface area contributed by atoms with Crippen molar-refractivity contribution in [2.45, 2.75) is 12.8 Å². The normalized spacial score (nSPS) is 11.3. The zero-order valence-corrected chi connectivity index (χ0v) is 20.7. The fourth-order valence-corrected chi connectivity index (χ4v) is 3.95. The van der Waals surface area contributed by atoms with Gasteiger partial charge in [-0.2, -0.15) is 13.2 Å². The van der Waals surface area contributed by atoms with Crippen molar-refractivity contribution in [3.63, 3.8) is 0 Å². The summed E-state index contributed by atoms with van der Waals surface area (Å²) in [5, 5.41) is 10.7. The largest absolute Gasteiger partial charge is 0.496 e. The maximum atomic E-state index is 13.4. The Hall–Kier alpha value is -3.97. The van der Waals surface area contributed by atoms with Gasteiger partial charge in [0.15, 0.2) is 0 Å². The monoisotopic (exact) mass is 551 g/mol. The van der Waals surface area contributed by atoms with Gasteiger partial charge >= 0.3 is 6.18 Å². The van der Waals surface area contributed by atoms with Gasteiger partial charge in [0.25, 0.3) is 16.7 Å². The molecule has 9 nitrogen and oxygen atoms in total. The molecule has 0 saturated carbocycles. The number of nitrogens with zero attached hydrogens (tertiary/aromatic N) is 4. The maximum Gasteiger partial charge on any atom is 0.416 e. The molecule has 0 radical (unpaired) electrons. The molecule has 1 aromatic carbocycles. The average Bonchev–Trinajstić information content (AvgIpc) is 3.31. The van der Waals surface area contributed by atoms with E-state index in [0.717, 1.165) is 45.7 Å². The van der Waals surface area contributed by atoms with Gasteiger partial charge in [-0.15, -0.1) is 5.10 Å². The molecule has 0 spiro atoms. The third kappa shape index (κ3) is 6.06. The van der Waals surface area contributed by atoms with Crippen LogP contribution in [0.4, 0.5) is 18.3 Å². The lowest BCUT2D eigenvalue weighted by Gasteiger charge is -2.16. The van der Waals surface area contributed by atoms with Gasteiger partial charge in [0, 0.05) is 42.2 Å². The molecular formula is C23H17ClF3N5O4S. The Balaban J connectivity index is 1.62. The van der Waals surface area contributed by atoms with Crippen LogP contribution < -0.4 is 20.3 Å². The highest BCUT2D eigenvalue weighted by molar-refractivity contribution is 7.17. The minimum Gasteiger partial charge on any atom is -0.496 e. The molecule has 1 amide bonds. The molecule has 14 heteroatoms. The molecule has 1 N–H and O–H groups in total. The highest BCUT2D eigenvalue weighted by Gasteiger charge is 2.32. The quantitative estimate of drug-likeness (QED) is 0.328. The Bertz CT molecular complexity index is 1510. The number of carbonyl (C=O) groups is 1. The molecular weight excluding hydrogens is 535 g/mol. The molecule has 37 heavy (non-hydrogen) atoms. The minimum atomic E-state index is -4.63. The van der Waals surface area contributed by atoms with E-state index < -0.39 is 23.2 Å². The van der Waals surface area contributed by atoms with Gasteiger partial charge in [0.1, 0.15) is 17.5 Å². The second kappa shape index (κ2) is 10.6. The summed E-state index contributed by atoms with van der Waals surface area (Å²) in [4.78, 5) is 29.4. The van der Waals surface area contributed by atoms with Gasteiger partial charge in [0.2, 0.25) is 5.13 Å². The molecule has 0 aliphatic rings. The summed E-state index contributed by atoms with van der Waals surface area (Å²) < 4.78 is 52.1. The first-order valence-electron chi connectivity index (χ1n) is 10.4.